The molecule has 1 aliphatic rings. The second kappa shape index (κ2) is 4.50. The number of nitrogens with zero attached hydrogens (tertiary/aromatic N) is 2. The van der Waals surface area contributed by atoms with Crippen molar-refractivity contribution in [1.82, 2.24) is 4.98 Å². The summed E-state index contributed by atoms with van der Waals surface area (Å²) in [5.74, 6) is 0.434. The van der Waals surface area contributed by atoms with E-state index in [4.69, 9.17) is 0 Å². The number of hydrogen-bond acceptors (Lipinski definition) is 2. The van der Waals surface area contributed by atoms with Gasteiger partial charge in [-0.3, -0.25) is 9.78 Å². The Kier molecular flexibility index (Phi) is 2.82. The average molecular weight is 252 g/mol. The zero-order valence-electron chi connectivity index (χ0n) is 11.0. The molecule has 1 amide bonds. The standard InChI is InChI=1S/C16H16N2O/c1-3-12-8-16(19)18(10-12)14-6-7-15-13(9-14)5-4-11(2)17-15/h3-7,9,12H,1,8,10H2,2H3. The predicted molar refractivity (Wildman–Crippen MR) is 77.1 cm³/mol. The smallest absolute Gasteiger partial charge is 0.227 e. The molecule has 1 fully saturated rings. The maximum absolute atomic E-state index is 12.0. The van der Waals surface area contributed by atoms with Gasteiger partial charge in [-0.05, 0) is 31.2 Å². The van der Waals surface area contributed by atoms with Crippen LogP contribution in [0.5, 0.6) is 0 Å². The maximum Gasteiger partial charge on any atom is 0.227 e. The minimum absolute atomic E-state index is 0.171. The second-order valence-corrected chi connectivity index (χ2v) is 5.03. The lowest BCUT2D eigenvalue weighted by atomic mass is 10.1. The fraction of sp³-hybridized carbons (Fsp3) is 0.250. The third kappa shape index (κ3) is 2.12. The summed E-state index contributed by atoms with van der Waals surface area (Å²) in [6.07, 6.45) is 2.43. The van der Waals surface area contributed by atoms with Gasteiger partial charge in [0.05, 0.1) is 5.52 Å². The Morgan fingerprint density at radius 2 is 2.21 bits per heavy atom. The van der Waals surface area contributed by atoms with Gasteiger partial charge in [0.1, 0.15) is 0 Å². The molecule has 3 rings (SSSR count). The topological polar surface area (TPSA) is 33.2 Å². The van der Waals surface area contributed by atoms with Crippen LogP contribution in [0.3, 0.4) is 0 Å². The number of carbonyl (C=O) groups excluding carboxylic acids is 1. The van der Waals surface area contributed by atoms with Crippen molar-refractivity contribution >= 4 is 22.5 Å². The van der Waals surface area contributed by atoms with Crippen LogP contribution in [-0.4, -0.2) is 17.4 Å². The second-order valence-electron chi connectivity index (χ2n) is 5.03. The molecule has 1 atom stereocenters. The molecule has 0 saturated carbocycles. The van der Waals surface area contributed by atoms with E-state index in [1.807, 2.05) is 48.2 Å². The highest BCUT2D eigenvalue weighted by Crippen LogP contribution is 2.28. The zero-order valence-corrected chi connectivity index (χ0v) is 11.0. The fourth-order valence-corrected chi connectivity index (χ4v) is 2.53. The van der Waals surface area contributed by atoms with E-state index in [0.29, 0.717) is 6.42 Å². The summed E-state index contributed by atoms with van der Waals surface area (Å²) in [6.45, 7) is 6.48. The van der Waals surface area contributed by atoms with Crippen molar-refractivity contribution in [1.29, 1.82) is 0 Å². The van der Waals surface area contributed by atoms with E-state index in [2.05, 4.69) is 11.6 Å². The van der Waals surface area contributed by atoms with E-state index in [0.717, 1.165) is 28.8 Å². The zero-order chi connectivity index (χ0) is 13.4. The minimum Gasteiger partial charge on any atom is -0.312 e. The number of fused-ring (bicyclic) bond motifs is 1. The first kappa shape index (κ1) is 11.9. The number of aromatic nitrogens is 1. The molecule has 19 heavy (non-hydrogen) atoms. The van der Waals surface area contributed by atoms with Gasteiger partial charge in [0.15, 0.2) is 0 Å². The highest BCUT2D eigenvalue weighted by Gasteiger charge is 2.28. The van der Waals surface area contributed by atoms with E-state index < -0.39 is 0 Å². The van der Waals surface area contributed by atoms with Gasteiger partial charge < -0.3 is 4.90 Å². The highest BCUT2D eigenvalue weighted by atomic mass is 16.2. The molecule has 1 saturated heterocycles. The van der Waals surface area contributed by atoms with Crippen molar-refractivity contribution in [3.05, 3.63) is 48.7 Å². The Labute approximate surface area is 112 Å². The summed E-state index contributed by atoms with van der Waals surface area (Å²) in [4.78, 5) is 18.3. The molecular weight excluding hydrogens is 236 g/mol. The first-order chi connectivity index (χ1) is 9.17. The van der Waals surface area contributed by atoms with Crippen molar-refractivity contribution in [3.8, 4) is 0 Å². The third-order valence-corrected chi connectivity index (χ3v) is 3.61. The number of amides is 1. The summed E-state index contributed by atoms with van der Waals surface area (Å²) in [5.41, 5.74) is 2.92. The molecule has 0 radical (unpaired) electrons. The molecule has 1 aromatic heterocycles. The molecule has 0 spiro atoms. The van der Waals surface area contributed by atoms with E-state index in [1.165, 1.54) is 0 Å². The predicted octanol–water partition coefficient (Wildman–Crippen LogP) is 3.08. The van der Waals surface area contributed by atoms with Crippen LogP contribution in [0.4, 0.5) is 5.69 Å². The van der Waals surface area contributed by atoms with Gasteiger partial charge in [-0.25, -0.2) is 0 Å². The van der Waals surface area contributed by atoms with Crippen LogP contribution >= 0.6 is 0 Å². The van der Waals surface area contributed by atoms with Crippen molar-refractivity contribution in [2.45, 2.75) is 13.3 Å². The first-order valence-electron chi connectivity index (χ1n) is 6.48. The summed E-state index contributed by atoms with van der Waals surface area (Å²) in [7, 11) is 0. The van der Waals surface area contributed by atoms with E-state index >= 15 is 0 Å². The van der Waals surface area contributed by atoms with Gasteiger partial charge in [-0.1, -0.05) is 12.1 Å². The summed E-state index contributed by atoms with van der Waals surface area (Å²) in [6, 6.07) is 10.0. The Bertz CT molecular complexity index is 663. The molecule has 0 aliphatic carbocycles. The average Bonchev–Trinajstić information content (AvgIpc) is 2.79. The number of benzene rings is 1. The highest BCUT2D eigenvalue weighted by molar-refractivity contribution is 5.98. The number of aryl methyl sites for hydroxylation is 1. The van der Waals surface area contributed by atoms with Crippen molar-refractivity contribution < 1.29 is 4.79 Å². The molecule has 3 heteroatoms. The van der Waals surface area contributed by atoms with Crippen LogP contribution in [0.2, 0.25) is 0 Å². The summed E-state index contributed by atoms with van der Waals surface area (Å²) < 4.78 is 0. The van der Waals surface area contributed by atoms with Crippen LogP contribution in [0, 0.1) is 12.8 Å². The molecule has 2 heterocycles. The first-order valence-corrected chi connectivity index (χ1v) is 6.48. The molecule has 0 bridgehead atoms. The quantitative estimate of drug-likeness (QED) is 0.769. The Hall–Kier alpha value is -2.16. The number of carbonyl (C=O) groups is 1. The largest absolute Gasteiger partial charge is 0.312 e. The van der Waals surface area contributed by atoms with Crippen LogP contribution in [0.25, 0.3) is 10.9 Å². The SMILES string of the molecule is C=CC1CC(=O)N(c2ccc3nc(C)ccc3c2)C1. The normalized spacial score (nSPS) is 19.1. The molecule has 1 unspecified atom stereocenters. The van der Waals surface area contributed by atoms with E-state index in [1.54, 1.807) is 0 Å². The lowest BCUT2D eigenvalue weighted by molar-refractivity contribution is -0.117. The fourth-order valence-electron chi connectivity index (χ4n) is 2.53. The van der Waals surface area contributed by atoms with Gasteiger partial charge in [0, 0.05) is 35.7 Å². The van der Waals surface area contributed by atoms with Gasteiger partial charge >= 0.3 is 0 Å². The Balaban J connectivity index is 1.99. The van der Waals surface area contributed by atoms with Crippen molar-refractivity contribution in [3.63, 3.8) is 0 Å². The monoisotopic (exact) mass is 252 g/mol. The molecule has 1 aromatic carbocycles. The van der Waals surface area contributed by atoms with Gasteiger partial charge in [-0.2, -0.15) is 0 Å². The lowest BCUT2D eigenvalue weighted by Crippen LogP contribution is -2.24. The number of hydrogen-bond donors (Lipinski definition) is 0. The van der Waals surface area contributed by atoms with Gasteiger partial charge in [-0.15, -0.1) is 6.58 Å². The van der Waals surface area contributed by atoms with Crippen LogP contribution in [0.1, 0.15) is 12.1 Å². The Morgan fingerprint density at radius 3 is 2.95 bits per heavy atom. The molecule has 1 aliphatic heterocycles. The number of anilines is 1. The van der Waals surface area contributed by atoms with Crippen LogP contribution in [0.15, 0.2) is 43.0 Å². The van der Waals surface area contributed by atoms with Crippen LogP contribution in [-0.2, 0) is 4.79 Å². The molecule has 2 aromatic rings. The van der Waals surface area contributed by atoms with Crippen LogP contribution < -0.4 is 4.90 Å². The van der Waals surface area contributed by atoms with Gasteiger partial charge in [0.2, 0.25) is 5.91 Å². The van der Waals surface area contributed by atoms with E-state index in [9.17, 15) is 4.79 Å². The lowest BCUT2D eigenvalue weighted by Gasteiger charge is -2.16. The van der Waals surface area contributed by atoms with Gasteiger partial charge in [0.25, 0.3) is 0 Å². The number of rotatable bonds is 2. The molecule has 96 valence electrons. The van der Waals surface area contributed by atoms with Crippen molar-refractivity contribution in [2.75, 3.05) is 11.4 Å². The number of pyridine rings is 1. The maximum atomic E-state index is 12.0. The molecule has 3 nitrogen and oxygen atoms in total. The van der Waals surface area contributed by atoms with E-state index in [-0.39, 0.29) is 11.8 Å². The molecule has 0 N–H and O–H groups in total. The Morgan fingerprint density at radius 1 is 1.37 bits per heavy atom. The minimum atomic E-state index is 0.171. The van der Waals surface area contributed by atoms with Crippen molar-refractivity contribution in [2.24, 2.45) is 5.92 Å². The molecular formula is C16H16N2O. The summed E-state index contributed by atoms with van der Waals surface area (Å²) >= 11 is 0. The summed E-state index contributed by atoms with van der Waals surface area (Å²) in [5, 5.41) is 1.07. The third-order valence-electron chi connectivity index (χ3n) is 3.61.